The molecule has 0 aromatic heterocycles. The van der Waals surface area contributed by atoms with Gasteiger partial charge >= 0.3 is 5.97 Å². The largest absolute Gasteiger partial charge is 0.493 e. The van der Waals surface area contributed by atoms with Crippen LogP contribution in [-0.2, 0) is 9.53 Å². The molecule has 0 spiro atoms. The SMILES string of the molecule is COC(=O)c1ccc(OCC(C)C(C)=O)cc1. The lowest BCUT2D eigenvalue weighted by molar-refractivity contribution is -0.121. The molecule has 0 bridgehead atoms. The fraction of sp³-hybridized carbons (Fsp3) is 0.385. The molecule has 1 atom stereocenters. The smallest absolute Gasteiger partial charge is 0.337 e. The fourth-order valence-corrected chi connectivity index (χ4v) is 1.14. The lowest BCUT2D eigenvalue weighted by atomic mass is 10.1. The molecule has 0 aliphatic rings. The molecule has 1 aromatic rings. The highest BCUT2D eigenvalue weighted by Gasteiger charge is 2.09. The van der Waals surface area contributed by atoms with Crippen molar-refractivity contribution >= 4 is 11.8 Å². The molecule has 0 fully saturated rings. The molecule has 0 heterocycles. The molecular weight excluding hydrogens is 220 g/mol. The van der Waals surface area contributed by atoms with E-state index < -0.39 is 0 Å². The van der Waals surface area contributed by atoms with E-state index in [0.29, 0.717) is 17.9 Å². The van der Waals surface area contributed by atoms with E-state index in [0.717, 1.165) is 0 Å². The number of rotatable bonds is 5. The highest BCUT2D eigenvalue weighted by atomic mass is 16.5. The van der Waals surface area contributed by atoms with E-state index in [9.17, 15) is 9.59 Å². The topological polar surface area (TPSA) is 52.6 Å². The number of benzene rings is 1. The summed E-state index contributed by atoms with van der Waals surface area (Å²) in [6.07, 6.45) is 0. The van der Waals surface area contributed by atoms with Crippen LogP contribution in [-0.4, -0.2) is 25.5 Å². The van der Waals surface area contributed by atoms with Crippen molar-refractivity contribution in [2.75, 3.05) is 13.7 Å². The van der Waals surface area contributed by atoms with Crippen LogP contribution in [0.2, 0.25) is 0 Å². The van der Waals surface area contributed by atoms with Gasteiger partial charge in [0.2, 0.25) is 0 Å². The number of carbonyl (C=O) groups excluding carboxylic acids is 2. The van der Waals surface area contributed by atoms with Gasteiger partial charge in [-0.2, -0.15) is 0 Å². The number of ether oxygens (including phenoxy) is 2. The summed E-state index contributed by atoms with van der Waals surface area (Å²) < 4.78 is 10.0. The Balaban J connectivity index is 2.57. The number of hydrogen-bond acceptors (Lipinski definition) is 4. The van der Waals surface area contributed by atoms with E-state index in [1.54, 1.807) is 24.3 Å². The number of ketones is 1. The minimum absolute atomic E-state index is 0.0937. The molecule has 4 nitrogen and oxygen atoms in total. The minimum atomic E-state index is -0.381. The Kier molecular flexibility index (Phi) is 4.69. The third-order valence-electron chi connectivity index (χ3n) is 2.47. The first-order valence-corrected chi connectivity index (χ1v) is 5.36. The summed E-state index contributed by atoms with van der Waals surface area (Å²) in [4.78, 5) is 22.2. The number of hydrogen-bond donors (Lipinski definition) is 0. The van der Waals surface area contributed by atoms with Crippen molar-refractivity contribution in [2.45, 2.75) is 13.8 Å². The molecule has 1 aromatic carbocycles. The number of Topliss-reactive ketones (excluding diaryl/α,β-unsaturated/α-hetero) is 1. The molecule has 0 aliphatic heterocycles. The van der Waals surface area contributed by atoms with Crippen LogP contribution in [0.1, 0.15) is 24.2 Å². The second-order valence-electron chi connectivity index (χ2n) is 3.84. The van der Waals surface area contributed by atoms with Crippen LogP contribution in [0.3, 0.4) is 0 Å². The molecule has 0 radical (unpaired) electrons. The summed E-state index contributed by atoms with van der Waals surface area (Å²) in [5.74, 6) is 0.214. The van der Waals surface area contributed by atoms with Crippen LogP contribution in [0, 0.1) is 5.92 Å². The molecule has 92 valence electrons. The Bertz CT molecular complexity index is 394. The standard InChI is InChI=1S/C13H16O4/c1-9(10(2)14)8-17-12-6-4-11(5-7-12)13(15)16-3/h4-7,9H,8H2,1-3H3. The van der Waals surface area contributed by atoms with Gasteiger partial charge in [0.05, 0.1) is 19.3 Å². The number of esters is 1. The van der Waals surface area contributed by atoms with Crippen molar-refractivity contribution in [1.29, 1.82) is 0 Å². The lowest BCUT2D eigenvalue weighted by Gasteiger charge is -2.10. The van der Waals surface area contributed by atoms with Crippen LogP contribution >= 0.6 is 0 Å². The van der Waals surface area contributed by atoms with E-state index in [2.05, 4.69) is 4.74 Å². The predicted molar refractivity (Wildman–Crippen MR) is 63.1 cm³/mol. The monoisotopic (exact) mass is 236 g/mol. The first-order valence-electron chi connectivity index (χ1n) is 5.36. The quantitative estimate of drug-likeness (QED) is 0.734. The number of methoxy groups -OCH3 is 1. The Labute approximate surface area is 101 Å². The second-order valence-corrected chi connectivity index (χ2v) is 3.84. The first-order chi connectivity index (χ1) is 8.04. The summed E-state index contributed by atoms with van der Waals surface area (Å²) in [5, 5.41) is 0. The minimum Gasteiger partial charge on any atom is -0.493 e. The maximum atomic E-state index is 11.2. The van der Waals surface area contributed by atoms with Crippen molar-refractivity contribution in [2.24, 2.45) is 5.92 Å². The van der Waals surface area contributed by atoms with Gasteiger partial charge in [0.1, 0.15) is 11.5 Å². The molecule has 0 N–H and O–H groups in total. The van der Waals surface area contributed by atoms with Crippen molar-refractivity contribution in [1.82, 2.24) is 0 Å². The Hall–Kier alpha value is -1.84. The molecule has 4 heteroatoms. The van der Waals surface area contributed by atoms with Gasteiger partial charge in [0.15, 0.2) is 0 Å². The zero-order chi connectivity index (χ0) is 12.8. The van der Waals surface area contributed by atoms with Gasteiger partial charge in [0, 0.05) is 5.92 Å². The van der Waals surface area contributed by atoms with Crippen LogP contribution in [0.25, 0.3) is 0 Å². The van der Waals surface area contributed by atoms with Gasteiger partial charge in [-0.05, 0) is 31.2 Å². The molecule has 0 saturated heterocycles. The Morgan fingerprint density at radius 3 is 2.29 bits per heavy atom. The van der Waals surface area contributed by atoms with Gasteiger partial charge in [-0.25, -0.2) is 4.79 Å². The van der Waals surface area contributed by atoms with Crippen molar-refractivity contribution in [3.05, 3.63) is 29.8 Å². The molecule has 0 saturated carbocycles. The third kappa shape index (κ3) is 3.90. The first kappa shape index (κ1) is 13.2. The summed E-state index contributed by atoms with van der Waals surface area (Å²) >= 11 is 0. The maximum absolute atomic E-state index is 11.2. The van der Waals surface area contributed by atoms with E-state index in [4.69, 9.17) is 4.74 Å². The second kappa shape index (κ2) is 6.03. The molecule has 1 unspecified atom stereocenters. The molecule has 0 aliphatic carbocycles. The molecular formula is C13H16O4. The summed E-state index contributed by atoms with van der Waals surface area (Å²) in [6.45, 7) is 3.69. The summed E-state index contributed by atoms with van der Waals surface area (Å²) in [5.41, 5.74) is 0.472. The van der Waals surface area contributed by atoms with Gasteiger partial charge in [-0.15, -0.1) is 0 Å². The zero-order valence-electron chi connectivity index (χ0n) is 10.2. The highest BCUT2D eigenvalue weighted by molar-refractivity contribution is 5.89. The van der Waals surface area contributed by atoms with Gasteiger partial charge in [-0.3, -0.25) is 4.79 Å². The predicted octanol–water partition coefficient (Wildman–Crippen LogP) is 2.08. The van der Waals surface area contributed by atoms with Crippen molar-refractivity contribution in [3.63, 3.8) is 0 Å². The van der Waals surface area contributed by atoms with E-state index in [1.165, 1.54) is 14.0 Å². The molecule has 17 heavy (non-hydrogen) atoms. The normalized spacial score (nSPS) is 11.7. The van der Waals surface area contributed by atoms with Gasteiger partial charge < -0.3 is 9.47 Å². The molecule has 1 rings (SSSR count). The number of carbonyl (C=O) groups is 2. The van der Waals surface area contributed by atoms with Crippen molar-refractivity contribution in [3.8, 4) is 5.75 Å². The van der Waals surface area contributed by atoms with Crippen LogP contribution in [0.15, 0.2) is 24.3 Å². The van der Waals surface area contributed by atoms with E-state index in [-0.39, 0.29) is 17.7 Å². The summed E-state index contributed by atoms with van der Waals surface area (Å²) in [6, 6.07) is 6.61. The van der Waals surface area contributed by atoms with E-state index in [1.807, 2.05) is 6.92 Å². The van der Waals surface area contributed by atoms with Crippen LogP contribution < -0.4 is 4.74 Å². The van der Waals surface area contributed by atoms with Crippen LogP contribution in [0.5, 0.6) is 5.75 Å². The average molecular weight is 236 g/mol. The average Bonchev–Trinajstić information content (AvgIpc) is 2.35. The Morgan fingerprint density at radius 2 is 1.82 bits per heavy atom. The summed E-state index contributed by atoms with van der Waals surface area (Å²) in [7, 11) is 1.33. The van der Waals surface area contributed by atoms with Crippen LogP contribution in [0.4, 0.5) is 0 Å². The zero-order valence-corrected chi connectivity index (χ0v) is 10.2. The van der Waals surface area contributed by atoms with Gasteiger partial charge in [-0.1, -0.05) is 6.92 Å². The highest BCUT2D eigenvalue weighted by Crippen LogP contribution is 2.14. The fourth-order valence-electron chi connectivity index (χ4n) is 1.14. The Morgan fingerprint density at radius 1 is 1.24 bits per heavy atom. The maximum Gasteiger partial charge on any atom is 0.337 e. The van der Waals surface area contributed by atoms with Crippen molar-refractivity contribution < 1.29 is 19.1 Å². The lowest BCUT2D eigenvalue weighted by Crippen LogP contribution is -2.15. The molecule has 0 amide bonds. The third-order valence-corrected chi connectivity index (χ3v) is 2.47. The van der Waals surface area contributed by atoms with E-state index >= 15 is 0 Å². The van der Waals surface area contributed by atoms with Gasteiger partial charge in [0.25, 0.3) is 0 Å².